The Bertz CT molecular complexity index is 635. The zero-order valence-corrected chi connectivity index (χ0v) is 14.1. The molecule has 0 bridgehead atoms. The number of aromatic nitrogens is 2. The highest BCUT2D eigenvalue weighted by Crippen LogP contribution is 2.35. The average Bonchev–Trinajstić information content (AvgIpc) is 2.96. The van der Waals surface area contributed by atoms with Gasteiger partial charge in [0, 0.05) is 23.2 Å². The third kappa shape index (κ3) is 2.82. The Morgan fingerprint density at radius 2 is 1.86 bits per heavy atom. The molecule has 0 spiro atoms. The van der Waals surface area contributed by atoms with E-state index in [1.165, 1.54) is 33.9 Å². The van der Waals surface area contributed by atoms with Crippen LogP contribution in [-0.2, 0) is 18.3 Å². The summed E-state index contributed by atoms with van der Waals surface area (Å²) in [6, 6.07) is 4.37. The summed E-state index contributed by atoms with van der Waals surface area (Å²) in [5.41, 5.74) is 2.74. The summed E-state index contributed by atoms with van der Waals surface area (Å²) >= 11 is 1.81. The highest BCUT2D eigenvalue weighted by Gasteiger charge is 2.20. The van der Waals surface area contributed by atoms with Gasteiger partial charge in [-0.1, -0.05) is 20.8 Å². The van der Waals surface area contributed by atoms with E-state index in [4.69, 9.17) is 9.97 Å². The van der Waals surface area contributed by atoms with Gasteiger partial charge in [-0.15, -0.1) is 11.3 Å². The minimum Gasteiger partial charge on any atom is -0.373 e. The third-order valence-corrected chi connectivity index (χ3v) is 5.49. The summed E-state index contributed by atoms with van der Waals surface area (Å²) < 4.78 is 0. The lowest BCUT2D eigenvalue weighted by Gasteiger charge is -2.18. The molecule has 0 aliphatic heterocycles. The summed E-state index contributed by atoms with van der Waals surface area (Å²) in [4.78, 5) is 12.2. The first-order valence-electron chi connectivity index (χ1n) is 7.67. The SMILES string of the molecule is CNc1nc(-c2ccc(C(C)(C)C)s2)nc2c1CCCC2. The van der Waals surface area contributed by atoms with Crippen molar-refractivity contribution in [1.82, 2.24) is 9.97 Å². The van der Waals surface area contributed by atoms with Crippen LogP contribution < -0.4 is 5.32 Å². The van der Waals surface area contributed by atoms with Gasteiger partial charge in [-0.05, 0) is 43.2 Å². The van der Waals surface area contributed by atoms with E-state index in [-0.39, 0.29) is 5.41 Å². The second-order valence-corrected chi connectivity index (χ2v) is 7.78. The number of fused-ring (bicyclic) bond motifs is 1. The lowest BCUT2D eigenvalue weighted by Crippen LogP contribution is -2.11. The molecule has 0 aromatic carbocycles. The normalized spacial score (nSPS) is 14.9. The molecule has 0 radical (unpaired) electrons. The van der Waals surface area contributed by atoms with Gasteiger partial charge in [0.05, 0.1) is 4.88 Å². The zero-order chi connectivity index (χ0) is 15.0. The van der Waals surface area contributed by atoms with Crippen molar-refractivity contribution in [1.29, 1.82) is 0 Å². The molecule has 112 valence electrons. The summed E-state index contributed by atoms with van der Waals surface area (Å²) in [5.74, 6) is 1.89. The fourth-order valence-corrected chi connectivity index (χ4v) is 3.77. The predicted molar refractivity (Wildman–Crippen MR) is 90.2 cm³/mol. The third-order valence-electron chi connectivity index (χ3n) is 3.99. The van der Waals surface area contributed by atoms with E-state index in [0.717, 1.165) is 24.5 Å². The van der Waals surface area contributed by atoms with Crippen LogP contribution in [0.2, 0.25) is 0 Å². The second-order valence-electron chi connectivity index (χ2n) is 6.69. The molecule has 2 heterocycles. The number of aryl methyl sites for hydroxylation is 1. The molecular weight excluding hydrogens is 278 g/mol. The summed E-state index contributed by atoms with van der Waals surface area (Å²) in [6.45, 7) is 6.74. The van der Waals surface area contributed by atoms with Gasteiger partial charge in [0.1, 0.15) is 5.82 Å². The average molecular weight is 301 g/mol. The van der Waals surface area contributed by atoms with E-state index in [1.807, 2.05) is 18.4 Å². The Morgan fingerprint density at radius 3 is 2.52 bits per heavy atom. The minimum atomic E-state index is 0.183. The van der Waals surface area contributed by atoms with Gasteiger partial charge in [0.15, 0.2) is 5.82 Å². The smallest absolute Gasteiger partial charge is 0.171 e. The molecule has 0 fully saturated rings. The zero-order valence-electron chi connectivity index (χ0n) is 13.3. The summed E-state index contributed by atoms with van der Waals surface area (Å²) in [7, 11) is 1.95. The Morgan fingerprint density at radius 1 is 1.10 bits per heavy atom. The van der Waals surface area contributed by atoms with Crippen molar-refractivity contribution in [3.05, 3.63) is 28.3 Å². The molecule has 0 amide bonds. The molecule has 0 atom stereocenters. The Balaban J connectivity index is 2.04. The van der Waals surface area contributed by atoms with E-state index in [2.05, 4.69) is 38.2 Å². The van der Waals surface area contributed by atoms with E-state index >= 15 is 0 Å². The molecule has 21 heavy (non-hydrogen) atoms. The molecule has 1 aliphatic rings. The van der Waals surface area contributed by atoms with Crippen molar-refractivity contribution in [3.63, 3.8) is 0 Å². The van der Waals surface area contributed by atoms with Crippen LogP contribution in [0.5, 0.6) is 0 Å². The van der Waals surface area contributed by atoms with Crippen molar-refractivity contribution >= 4 is 17.2 Å². The Labute approximate surface area is 130 Å². The largest absolute Gasteiger partial charge is 0.373 e. The second kappa shape index (κ2) is 5.41. The maximum atomic E-state index is 4.85. The van der Waals surface area contributed by atoms with Gasteiger partial charge in [-0.3, -0.25) is 0 Å². The first-order chi connectivity index (χ1) is 9.99. The fraction of sp³-hybridized carbons (Fsp3) is 0.529. The number of nitrogens with zero attached hydrogens (tertiary/aromatic N) is 2. The molecule has 0 saturated heterocycles. The van der Waals surface area contributed by atoms with Crippen LogP contribution in [0, 0.1) is 0 Å². The van der Waals surface area contributed by atoms with Crippen LogP contribution in [0.3, 0.4) is 0 Å². The van der Waals surface area contributed by atoms with Crippen molar-refractivity contribution in [2.45, 2.75) is 51.9 Å². The van der Waals surface area contributed by atoms with Crippen molar-refractivity contribution in [3.8, 4) is 10.7 Å². The van der Waals surface area contributed by atoms with Crippen molar-refractivity contribution in [2.75, 3.05) is 12.4 Å². The molecule has 3 rings (SSSR count). The molecule has 4 heteroatoms. The van der Waals surface area contributed by atoms with Crippen LogP contribution >= 0.6 is 11.3 Å². The quantitative estimate of drug-likeness (QED) is 0.892. The van der Waals surface area contributed by atoms with Crippen LogP contribution in [-0.4, -0.2) is 17.0 Å². The molecule has 3 nitrogen and oxygen atoms in total. The van der Waals surface area contributed by atoms with E-state index < -0.39 is 0 Å². The Hall–Kier alpha value is -1.42. The first-order valence-corrected chi connectivity index (χ1v) is 8.49. The molecule has 1 aliphatic carbocycles. The number of hydrogen-bond acceptors (Lipinski definition) is 4. The molecule has 0 saturated carbocycles. The number of rotatable bonds is 2. The monoisotopic (exact) mass is 301 g/mol. The molecule has 2 aromatic rings. The fourth-order valence-electron chi connectivity index (χ4n) is 2.77. The van der Waals surface area contributed by atoms with Crippen molar-refractivity contribution < 1.29 is 0 Å². The highest BCUT2D eigenvalue weighted by atomic mass is 32.1. The van der Waals surface area contributed by atoms with Gasteiger partial charge in [0.25, 0.3) is 0 Å². The van der Waals surface area contributed by atoms with Crippen LogP contribution in [0.15, 0.2) is 12.1 Å². The molecule has 0 unspecified atom stereocenters. The van der Waals surface area contributed by atoms with Crippen LogP contribution in [0.25, 0.3) is 10.7 Å². The molecule has 1 N–H and O–H groups in total. The maximum Gasteiger partial charge on any atom is 0.171 e. The highest BCUT2D eigenvalue weighted by molar-refractivity contribution is 7.15. The van der Waals surface area contributed by atoms with Gasteiger partial charge in [-0.25, -0.2) is 9.97 Å². The standard InChI is InChI=1S/C17H23N3S/c1-17(2,3)14-10-9-13(21-14)16-19-12-8-6-5-7-11(12)15(18-4)20-16/h9-10H,5-8H2,1-4H3,(H,18,19,20). The number of anilines is 1. The number of hydrogen-bond donors (Lipinski definition) is 1. The lowest BCUT2D eigenvalue weighted by molar-refractivity contribution is 0.604. The van der Waals surface area contributed by atoms with Crippen molar-refractivity contribution in [2.24, 2.45) is 0 Å². The summed E-state index contributed by atoms with van der Waals surface area (Å²) in [6.07, 6.45) is 4.67. The van der Waals surface area contributed by atoms with Gasteiger partial charge < -0.3 is 5.32 Å². The van der Waals surface area contributed by atoms with E-state index in [0.29, 0.717) is 0 Å². The Kier molecular flexibility index (Phi) is 3.74. The minimum absolute atomic E-state index is 0.183. The topological polar surface area (TPSA) is 37.8 Å². The molecular formula is C17H23N3S. The van der Waals surface area contributed by atoms with Crippen LogP contribution in [0.1, 0.15) is 49.7 Å². The lowest BCUT2D eigenvalue weighted by atomic mass is 9.95. The van der Waals surface area contributed by atoms with Crippen LogP contribution in [0.4, 0.5) is 5.82 Å². The van der Waals surface area contributed by atoms with Gasteiger partial charge in [-0.2, -0.15) is 0 Å². The number of nitrogens with one attached hydrogen (secondary N) is 1. The number of thiophene rings is 1. The first kappa shape index (κ1) is 14.5. The van der Waals surface area contributed by atoms with Gasteiger partial charge in [0.2, 0.25) is 0 Å². The molecule has 2 aromatic heterocycles. The summed E-state index contributed by atoms with van der Waals surface area (Å²) in [5, 5.41) is 3.26. The maximum absolute atomic E-state index is 4.85. The predicted octanol–water partition coefficient (Wildman–Crippen LogP) is 4.42. The van der Waals surface area contributed by atoms with E-state index in [1.54, 1.807) is 0 Å². The van der Waals surface area contributed by atoms with Gasteiger partial charge >= 0.3 is 0 Å². The van der Waals surface area contributed by atoms with E-state index in [9.17, 15) is 0 Å².